The topological polar surface area (TPSA) is 74.6 Å². The lowest BCUT2D eigenvalue weighted by atomic mass is 9.79. The Morgan fingerprint density at radius 2 is 0.917 bits per heavy atom. The van der Waals surface area contributed by atoms with Gasteiger partial charge in [0.2, 0.25) is 0 Å². The average molecular weight is 547 g/mol. The minimum atomic E-state index is -0.789. The van der Waals surface area contributed by atoms with E-state index in [0.29, 0.717) is 11.5 Å². The molecule has 0 saturated heterocycles. The highest BCUT2D eigenvalue weighted by Gasteiger charge is 2.37. The monoisotopic (exact) mass is 546 g/mol. The normalized spacial score (nSPS) is 11.7. The molecule has 0 aliphatic carbocycles. The molecule has 0 aromatic heterocycles. The zero-order valence-corrected chi connectivity index (χ0v) is 25.3. The summed E-state index contributed by atoms with van der Waals surface area (Å²) in [5.41, 5.74) is -0.665. The lowest BCUT2D eigenvalue weighted by Gasteiger charge is -2.29. The Hall–Kier alpha value is -0.360. The van der Waals surface area contributed by atoms with Crippen molar-refractivity contribution in [1.82, 2.24) is 0 Å². The maximum absolute atomic E-state index is 12.5. The first-order valence-corrected chi connectivity index (χ1v) is 17.7. The summed E-state index contributed by atoms with van der Waals surface area (Å²) in [5.74, 6) is -0.322. The highest BCUT2D eigenvalue weighted by Crippen LogP contribution is 2.39. The fraction of sp³-hybridized carbons (Fsp3) is 0.933. The number of unbranched alkanes of at least 4 members (excludes halogenated alkanes) is 18. The number of carbonyl (C=O) groups is 2. The van der Waals surface area contributed by atoms with E-state index in [9.17, 15) is 14.7 Å². The predicted octanol–water partition coefficient (Wildman–Crippen LogP) is 10.5. The molecule has 0 bridgehead atoms. The molecule has 0 radical (unpaired) electrons. The highest BCUT2D eigenvalue weighted by molar-refractivity contribution is 8.76. The minimum Gasteiger partial charge on any atom is -0.481 e. The Morgan fingerprint density at radius 1 is 0.556 bits per heavy atom. The van der Waals surface area contributed by atoms with E-state index < -0.39 is 17.4 Å². The van der Waals surface area contributed by atoms with Crippen molar-refractivity contribution in [2.45, 2.75) is 162 Å². The molecule has 6 heteroatoms. The smallest absolute Gasteiger partial charge is 0.310 e. The maximum atomic E-state index is 12.5. The molecular formula is C30H58O4S2. The molecular weight excluding hydrogens is 488 g/mol. The molecule has 0 fully saturated rings. The number of aliphatic carboxylic acids is 2. The second kappa shape index (κ2) is 26.3. The summed E-state index contributed by atoms with van der Waals surface area (Å²) < 4.78 is 0. The van der Waals surface area contributed by atoms with Crippen LogP contribution in [0.3, 0.4) is 0 Å². The molecule has 0 aliphatic heterocycles. The van der Waals surface area contributed by atoms with Gasteiger partial charge in [0.25, 0.3) is 0 Å². The Morgan fingerprint density at radius 3 is 1.25 bits per heavy atom. The van der Waals surface area contributed by atoms with Crippen LogP contribution in [0.5, 0.6) is 0 Å². The molecule has 0 aromatic rings. The first-order valence-electron chi connectivity index (χ1n) is 15.2. The molecule has 0 aliphatic rings. The third kappa shape index (κ3) is 21.7. The zero-order valence-electron chi connectivity index (χ0n) is 23.7. The first kappa shape index (κ1) is 35.6. The highest BCUT2D eigenvalue weighted by atomic mass is 33.1. The Kier molecular flexibility index (Phi) is 26.0. The number of carboxylic acid groups (broad SMARTS) is 2. The molecule has 0 unspecified atom stereocenters. The van der Waals surface area contributed by atoms with E-state index in [4.69, 9.17) is 5.11 Å². The fourth-order valence-corrected chi connectivity index (χ4v) is 7.42. The van der Waals surface area contributed by atoms with E-state index in [0.717, 1.165) is 38.5 Å². The fourth-order valence-electron chi connectivity index (χ4n) is 4.79. The maximum Gasteiger partial charge on any atom is 0.310 e. The van der Waals surface area contributed by atoms with Crippen LogP contribution in [0.2, 0.25) is 0 Å². The summed E-state index contributed by atoms with van der Waals surface area (Å²) in [6.45, 7) is 4.50. The number of hydrogen-bond acceptors (Lipinski definition) is 4. The Labute approximate surface area is 231 Å². The van der Waals surface area contributed by atoms with Crippen molar-refractivity contribution >= 4 is 33.5 Å². The van der Waals surface area contributed by atoms with Gasteiger partial charge in [0.05, 0.1) is 11.8 Å². The zero-order chi connectivity index (χ0) is 26.7. The summed E-state index contributed by atoms with van der Waals surface area (Å²) in [4.78, 5) is 23.2. The molecule has 0 heterocycles. The van der Waals surface area contributed by atoms with Gasteiger partial charge in [-0.1, -0.05) is 164 Å². The molecule has 0 saturated carbocycles. The molecule has 36 heavy (non-hydrogen) atoms. The molecule has 4 nitrogen and oxygen atoms in total. The van der Waals surface area contributed by atoms with Crippen molar-refractivity contribution in [2.24, 2.45) is 5.41 Å². The summed E-state index contributed by atoms with van der Waals surface area (Å²) in [6.07, 6.45) is 26.8. The lowest BCUT2D eigenvalue weighted by Crippen LogP contribution is -2.33. The van der Waals surface area contributed by atoms with Crippen molar-refractivity contribution in [3.8, 4) is 0 Å². The summed E-state index contributed by atoms with van der Waals surface area (Å²) >= 11 is 0. The van der Waals surface area contributed by atoms with Crippen LogP contribution in [-0.2, 0) is 9.59 Å². The van der Waals surface area contributed by atoms with Gasteiger partial charge < -0.3 is 10.2 Å². The van der Waals surface area contributed by atoms with Crippen molar-refractivity contribution in [1.29, 1.82) is 0 Å². The summed E-state index contributed by atoms with van der Waals surface area (Å²) in [5, 5.41) is 19.1. The van der Waals surface area contributed by atoms with Crippen molar-refractivity contribution < 1.29 is 19.8 Å². The van der Waals surface area contributed by atoms with Gasteiger partial charge in [-0.25, -0.2) is 0 Å². The SMILES string of the molecule is CCCCCCCCCCCCC(CCCCCCCCCCCC)(CSSCCC(=O)O)C(=O)O. The van der Waals surface area contributed by atoms with Gasteiger partial charge >= 0.3 is 11.9 Å². The van der Waals surface area contributed by atoms with Crippen LogP contribution in [0.15, 0.2) is 0 Å². The number of rotatable bonds is 29. The molecule has 214 valence electrons. The van der Waals surface area contributed by atoms with Gasteiger partial charge in [-0.05, 0) is 12.8 Å². The Balaban J connectivity index is 4.38. The minimum absolute atomic E-state index is 0.134. The number of hydrogen-bond donors (Lipinski definition) is 2. The third-order valence-electron chi connectivity index (χ3n) is 7.29. The van der Waals surface area contributed by atoms with Crippen LogP contribution in [0.4, 0.5) is 0 Å². The third-order valence-corrected chi connectivity index (χ3v) is 9.85. The standard InChI is InChI=1S/C30H58O4S2/c1-3-5-7-9-11-13-15-17-19-21-24-30(29(33)34,27-36-35-26-23-28(31)32)25-22-20-18-16-14-12-10-8-6-4-2/h3-27H2,1-2H3,(H,31,32)(H,33,34). The van der Waals surface area contributed by atoms with Crippen LogP contribution in [0.25, 0.3) is 0 Å². The lowest BCUT2D eigenvalue weighted by molar-refractivity contribution is -0.148. The van der Waals surface area contributed by atoms with E-state index >= 15 is 0 Å². The molecule has 0 spiro atoms. The summed E-state index contributed by atoms with van der Waals surface area (Å²) in [7, 11) is 3.08. The van der Waals surface area contributed by atoms with Gasteiger partial charge in [-0.15, -0.1) is 0 Å². The van der Waals surface area contributed by atoms with E-state index in [1.807, 2.05) is 0 Å². The van der Waals surface area contributed by atoms with Crippen LogP contribution in [0.1, 0.15) is 162 Å². The van der Waals surface area contributed by atoms with Gasteiger partial charge in [-0.2, -0.15) is 0 Å². The van der Waals surface area contributed by atoms with Crippen molar-refractivity contribution in [3.63, 3.8) is 0 Å². The number of carboxylic acids is 2. The molecule has 0 amide bonds. The first-order chi connectivity index (χ1) is 17.5. The van der Waals surface area contributed by atoms with Gasteiger partial charge in [0.1, 0.15) is 0 Å². The van der Waals surface area contributed by atoms with Crippen LogP contribution >= 0.6 is 21.6 Å². The van der Waals surface area contributed by atoms with Gasteiger partial charge in [0, 0.05) is 11.5 Å². The predicted molar refractivity (Wildman–Crippen MR) is 160 cm³/mol. The molecule has 0 rings (SSSR count). The quantitative estimate of drug-likeness (QED) is 0.0718. The van der Waals surface area contributed by atoms with E-state index in [-0.39, 0.29) is 6.42 Å². The molecule has 0 aromatic carbocycles. The van der Waals surface area contributed by atoms with E-state index in [1.165, 1.54) is 114 Å². The average Bonchev–Trinajstić information content (AvgIpc) is 2.85. The van der Waals surface area contributed by atoms with Crippen molar-refractivity contribution in [2.75, 3.05) is 11.5 Å². The second-order valence-electron chi connectivity index (χ2n) is 10.7. The largest absolute Gasteiger partial charge is 0.481 e. The van der Waals surface area contributed by atoms with E-state index in [2.05, 4.69) is 13.8 Å². The second-order valence-corrected chi connectivity index (χ2v) is 13.3. The van der Waals surface area contributed by atoms with Crippen molar-refractivity contribution in [3.05, 3.63) is 0 Å². The van der Waals surface area contributed by atoms with E-state index in [1.54, 1.807) is 10.8 Å². The summed E-state index contributed by atoms with van der Waals surface area (Å²) in [6, 6.07) is 0. The van der Waals surface area contributed by atoms with Gasteiger partial charge in [-0.3, -0.25) is 9.59 Å². The van der Waals surface area contributed by atoms with Crippen LogP contribution in [-0.4, -0.2) is 33.7 Å². The van der Waals surface area contributed by atoms with Crippen LogP contribution in [0, 0.1) is 5.41 Å². The molecule has 0 atom stereocenters. The van der Waals surface area contributed by atoms with Crippen LogP contribution < -0.4 is 0 Å². The van der Waals surface area contributed by atoms with Gasteiger partial charge in [0.15, 0.2) is 0 Å². The molecule has 2 N–H and O–H groups in total. The Bertz CT molecular complexity index is 489.